The van der Waals surface area contributed by atoms with Gasteiger partial charge in [-0.15, -0.1) is 5.92 Å². The number of carbonyl (C=O) groups is 2. The summed E-state index contributed by atoms with van der Waals surface area (Å²) in [5, 5.41) is 0. The van der Waals surface area contributed by atoms with Gasteiger partial charge in [-0.3, -0.25) is 43.0 Å². The number of aryl methyl sites for hydroxylation is 1. The number of allylic oxidation sites excluding steroid dienone is 2. The molecular weight excluding hydrogens is 608 g/mol. The van der Waals surface area contributed by atoms with Crippen molar-refractivity contribution in [1.82, 2.24) is 23.6 Å². The summed E-state index contributed by atoms with van der Waals surface area (Å²) in [7, 11) is 1.59. The largest absolute Gasteiger partial charge is 0.340 e. The van der Waals surface area contributed by atoms with Crippen molar-refractivity contribution in [3.63, 3.8) is 0 Å². The van der Waals surface area contributed by atoms with Crippen molar-refractivity contribution in [3.05, 3.63) is 86.1 Å². The normalized spacial score (nSPS) is 17.4. The Morgan fingerprint density at radius 3 is 2.40 bits per heavy atom. The molecule has 2 aromatic heterocycles. The van der Waals surface area contributed by atoms with Crippen LogP contribution in [0.25, 0.3) is 11.2 Å². The maximum absolute atomic E-state index is 14.0. The van der Waals surface area contributed by atoms with E-state index in [-0.39, 0.29) is 42.6 Å². The van der Waals surface area contributed by atoms with Gasteiger partial charge in [0, 0.05) is 31.4 Å². The second-order valence-corrected chi connectivity index (χ2v) is 11.6. The number of nitrogens with zero attached hydrogens (tertiary/aromatic N) is 8. The molecule has 248 valence electrons. The second-order valence-electron chi connectivity index (χ2n) is 11.6. The number of aliphatic imine (C=N–C) groups is 2. The highest BCUT2D eigenvalue weighted by Gasteiger charge is 2.42. The van der Waals surface area contributed by atoms with Crippen LogP contribution in [0.4, 0.5) is 11.6 Å². The molecule has 3 aromatic rings. The van der Waals surface area contributed by atoms with Gasteiger partial charge < -0.3 is 4.90 Å². The molecule has 0 N–H and O–H groups in total. The molecule has 12 nitrogen and oxygen atoms in total. The van der Waals surface area contributed by atoms with E-state index in [0.717, 1.165) is 11.3 Å². The zero-order valence-corrected chi connectivity index (χ0v) is 28.1. The van der Waals surface area contributed by atoms with Crippen LogP contribution in [0.15, 0.2) is 79.3 Å². The highest BCUT2D eigenvalue weighted by atomic mass is 16.2. The second kappa shape index (κ2) is 14.5. The molecule has 0 aliphatic carbocycles. The molecular formula is C36H40N8O4. The van der Waals surface area contributed by atoms with Gasteiger partial charge in [0.2, 0.25) is 5.95 Å². The van der Waals surface area contributed by atoms with E-state index in [1.807, 2.05) is 49.9 Å². The van der Waals surface area contributed by atoms with Crippen molar-refractivity contribution in [2.75, 3.05) is 24.5 Å². The third-order valence-corrected chi connectivity index (χ3v) is 8.66. The molecule has 1 unspecified atom stereocenters. The predicted molar refractivity (Wildman–Crippen MR) is 189 cm³/mol. The van der Waals surface area contributed by atoms with Gasteiger partial charge in [0.15, 0.2) is 11.2 Å². The third-order valence-electron chi connectivity index (χ3n) is 8.66. The Labute approximate surface area is 279 Å². The van der Waals surface area contributed by atoms with Crippen LogP contribution in [0.1, 0.15) is 46.1 Å². The summed E-state index contributed by atoms with van der Waals surface area (Å²) in [6.07, 6.45) is 8.17. The zero-order chi connectivity index (χ0) is 34.5. The van der Waals surface area contributed by atoms with Crippen LogP contribution >= 0.6 is 0 Å². The van der Waals surface area contributed by atoms with Crippen LogP contribution in [0, 0.1) is 11.8 Å². The highest BCUT2D eigenvalue weighted by Crippen LogP contribution is 2.31. The van der Waals surface area contributed by atoms with E-state index in [2.05, 4.69) is 28.5 Å². The van der Waals surface area contributed by atoms with E-state index >= 15 is 0 Å². The van der Waals surface area contributed by atoms with E-state index < -0.39 is 17.3 Å². The number of piperidine rings is 1. The maximum Gasteiger partial charge on any atom is 0.332 e. The van der Waals surface area contributed by atoms with Gasteiger partial charge in [-0.1, -0.05) is 48.4 Å². The van der Waals surface area contributed by atoms with Crippen molar-refractivity contribution >= 4 is 47.0 Å². The van der Waals surface area contributed by atoms with Crippen LogP contribution in [-0.2, 0) is 29.7 Å². The van der Waals surface area contributed by atoms with Crippen molar-refractivity contribution in [2.24, 2.45) is 17.0 Å². The van der Waals surface area contributed by atoms with E-state index in [0.29, 0.717) is 48.7 Å². The summed E-state index contributed by atoms with van der Waals surface area (Å²) < 4.78 is 4.28. The lowest BCUT2D eigenvalue weighted by atomic mass is 10.0. The Balaban J connectivity index is 1.50. The number of hydrogen-bond donors (Lipinski definition) is 0. The van der Waals surface area contributed by atoms with Gasteiger partial charge in [-0.2, -0.15) is 4.98 Å². The molecule has 4 heterocycles. The number of rotatable bonds is 10. The first kappa shape index (κ1) is 33.8. The molecule has 0 saturated carbocycles. The molecule has 0 spiro atoms. The highest BCUT2D eigenvalue weighted by molar-refractivity contribution is 6.22. The molecule has 12 heteroatoms. The number of benzene rings is 1. The summed E-state index contributed by atoms with van der Waals surface area (Å²) in [5.74, 6) is 5.75. The number of para-hydroxylation sites is 1. The first-order valence-electron chi connectivity index (χ1n) is 16.0. The molecule has 1 aromatic carbocycles. The minimum Gasteiger partial charge on any atom is -0.340 e. The van der Waals surface area contributed by atoms with Gasteiger partial charge in [0.05, 0.1) is 42.5 Å². The van der Waals surface area contributed by atoms with Gasteiger partial charge in [0.25, 0.3) is 17.4 Å². The lowest BCUT2D eigenvalue weighted by Crippen LogP contribution is -2.51. The summed E-state index contributed by atoms with van der Waals surface area (Å²) in [5.41, 5.74) is 2.49. The Bertz CT molecular complexity index is 2060. The monoisotopic (exact) mass is 648 g/mol. The van der Waals surface area contributed by atoms with Gasteiger partial charge in [0.1, 0.15) is 0 Å². The number of anilines is 1. The molecule has 2 aliphatic rings. The molecule has 2 amide bonds. The van der Waals surface area contributed by atoms with Crippen molar-refractivity contribution in [2.45, 2.75) is 59.7 Å². The van der Waals surface area contributed by atoms with Crippen LogP contribution in [0.2, 0.25) is 0 Å². The number of imide groups is 1. The average molecular weight is 649 g/mol. The summed E-state index contributed by atoms with van der Waals surface area (Å²) >= 11 is 0. The first-order chi connectivity index (χ1) is 23.2. The lowest BCUT2D eigenvalue weighted by Gasteiger charge is -2.37. The van der Waals surface area contributed by atoms with E-state index in [4.69, 9.17) is 4.98 Å². The summed E-state index contributed by atoms with van der Waals surface area (Å²) in [6.45, 7) is 12.1. The predicted octanol–water partition coefficient (Wildman–Crippen LogP) is 3.55. The average Bonchev–Trinajstić information content (AvgIpc) is 3.59. The molecule has 48 heavy (non-hydrogen) atoms. The molecule has 2 aliphatic heterocycles. The van der Waals surface area contributed by atoms with Crippen LogP contribution in [0.3, 0.4) is 0 Å². The number of aromatic nitrogens is 4. The molecule has 1 fully saturated rings. The van der Waals surface area contributed by atoms with Crippen molar-refractivity contribution in [3.8, 4) is 11.8 Å². The fourth-order valence-electron chi connectivity index (χ4n) is 6.34. The van der Waals surface area contributed by atoms with Gasteiger partial charge >= 0.3 is 5.69 Å². The molecule has 0 radical (unpaired) electrons. The number of carbonyl (C=O) groups excluding carboxylic acids is 2. The molecule has 1 atom stereocenters. The quantitative estimate of drug-likeness (QED) is 0.188. The van der Waals surface area contributed by atoms with Gasteiger partial charge in [-0.25, -0.2) is 4.79 Å². The Morgan fingerprint density at radius 1 is 1.06 bits per heavy atom. The van der Waals surface area contributed by atoms with Crippen LogP contribution in [-0.4, -0.2) is 73.5 Å². The minimum absolute atomic E-state index is 0.0590. The number of imidazole rings is 1. The standard InChI is InChI=1S/C36H40N8O4/c1-7-10-21-42-30-31(40(6)36(48)43(34(30)47)22-19-38-24(4)26-17-11-12-18-29(26)37-5)39-35(42)41-20-13-16-25(23-41)44-32(45)27(14-8-2)28(15-9-3)33(44)46/h8-9,11-12,14-15,17-18,25H,5,13,16,19-23H2,1-4,6H3/b14-8-,15-9-,38-24?. The van der Waals surface area contributed by atoms with Gasteiger partial charge in [-0.05, 0) is 53.3 Å². The fourth-order valence-corrected chi connectivity index (χ4v) is 6.34. The SMILES string of the molecule is C=Nc1ccccc1C(C)=NCCn1c(=O)c2c(nc(N3CCCC(N4C(=O)C(/C=C\C)=C(/C=C\C)C4=O)C3)n2CC#CC)n(C)c1=O. The Morgan fingerprint density at radius 2 is 1.75 bits per heavy atom. The molecule has 1 saturated heterocycles. The van der Waals surface area contributed by atoms with E-state index in [1.54, 1.807) is 42.8 Å². The lowest BCUT2D eigenvalue weighted by molar-refractivity contribution is -0.140. The van der Waals surface area contributed by atoms with E-state index in [1.165, 1.54) is 14.0 Å². The van der Waals surface area contributed by atoms with Crippen molar-refractivity contribution in [1.29, 1.82) is 0 Å². The molecule has 0 bridgehead atoms. The topological polar surface area (TPSA) is 127 Å². The number of fused-ring (bicyclic) bond motifs is 1. The molecule has 5 rings (SSSR count). The third kappa shape index (κ3) is 6.11. The summed E-state index contributed by atoms with van der Waals surface area (Å²) in [4.78, 5) is 71.3. The smallest absolute Gasteiger partial charge is 0.332 e. The van der Waals surface area contributed by atoms with Crippen molar-refractivity contribution < 1.29 is 9.59 Å². The Kier molecular flexibility index (Phi) is 10.2. The minimum atomic E-state index is -0.504. The number of amides is 2. The van der Waals surface area contributed by atoms with Crippen LogP contribution < -0.4 is 16.1 Å². The first-order valence-corrected chi connectivity index (χ1v) is 16.0. The van der Waals surface area contributed by atoms with E-state index in [9.17, 15) is 19.2 Å². The maximum atomic E-state index is 14.0. The number of hydrogen-bond acceptors (Lipinski definition) is 8. The Hall–Kier alpha value is -5.57. The van der Waals surface area contributed by atoms with Crippen LogP contribution in [0.5, 0.6) is 0 Å². The fraction of sp³-hybridized carbons (Fsp3) is 0.361. The summed E-state index contributed by atoms with van der Waals surface area (Å²) in [6, 6.07) is 7.09. The zero-order valence-electron chi connectivity index (χ0n) is 28.1.